The normalized spacial score (nSPS) is 10.8. The summed E-state index contributed by atoms with van der Waals surface area (Å²) in [5.74, 6) is -0.516. The lowest BCUT2D eigenvalue weighted by molar-refractivity contribution is -0.139. The number of nitrogens with zero attached hydrogens (tertiary/aromatic N) is 2. The fourth-order valence-corrected chi connectivity index (χ4v) is 2.94. The minimum absolute atomic E-state index is 0.0863. The molecule has 0 bridgehead atoms. The Kier molecular flexibility index (Phi) is 6.26. The number of carbonyl (C=O) groups excluding carboxylic acids is 2. The van der Waals surface area contributed by atoms with Gasteiger partial charge in [0.2, 0.25) is 5.91 Å². The highest BCUT2D eigenvalue weighted by Gasteiger charge is 2.18. The van der Waals surface area contributed by atoms with E-state index in [9.17, 15) is 9.59 Å². The molecule has 2 aromatic rings. The molecule has 0 aliphatic rings. The molecule has 1 amide bonds. The SMILES string of the molecule is CCC=CC(=O)OCc1csc(N(C(C)=O)c2cccc(C)c2)n1. The number of allylic oxidation sites excluding steroid dienone is 1. The van der Waals surface area contributed by atoms with Crippen molar-refractivity contribution in [2.45, 2.75) is 33.8 Å². The molecule has 1 aromatic heterocycles. The van der Waals surface area contributed by atoms with Gasteiger partial charge in [0.05, 0.1) is 11.4 Å². The van der Waals surface area contributed by atoms with Gasteiger partial charge in [0.1, 0.15) is 6.61 Å². The van der Waals surface area contributed by atoms with Crippen molar-refractivity contribution in [2.75, 3.05) is 4.90 Å². The first kappa shape index (κ1) is 17.9. The molecular weight excluding hydrogens is 324 g/mol. The van der Waals surface area contributed by atoms with Crippen LogP contribution in [-0.2, 0) is 20.9 Å². The lowest BCUT2D eigenvalue weighted by Gasteiger charge is -2.18. The second-order valence-electron chi connectivity index (χ2n) is 5.23. The van der Waals surface area contributed by atoms with Crippen molar-refractivity contribution in [3.8, 4) is 0 Å². The number of anilines is 2. The number of aromatic nitrogens is 1. The van der Waals surface area contributed by atoms with Crippen molar-refractivity contribution in [1.29, 1.82) is 0 Å². The molecular formula is C18H20N2O3S. The Labute approximate surface area is 145 Å². The van der Waals surface area contributed by atoms with E-state index in [1.54, 1.807) is 16.4 Å². The van der Waals surface area contributed by atoms with Crippen molar-refractivity contribution in [1.82, 2.24) is 4.98 Å². The molecule has 0 unspecified atom stereocenters. The maximum absolute atomic E-state index is 12.0. The molecule has 0 aliphatic heterocycles. The first-order chi connectivity index (χ1) is 11.5. The fourth-order valence-electron chi connectivity index (χ4n) is 2.07. The Morgan fingerprint density at radius 3 is 2.83 bits per heavy atom. The van der Waals surface area contributed by atoms with Crippen LogP contribution in [-0.4, -0.2) is 16.9 Å². The van der Waals surface area contributed by atoms with Gasteiger partial charge >= 0.3 is 5.97 Å². The number of ether oxygens (including phenoxy) is 1. The smallest absolute Gasteiger partial charge is 0.330 e. The highest BCUT2D eigenvalue weighted by Crippen LogP contribution is 2.29. The quantitative estimate of drug-likeness (QED) is 0.583. The van der Waals surface area contributed by atoms with Gasteiger partial charge in [-0.2, -0.15) is 0 Å². The zero-order chi connectivity index (χ0) is 17.5. The Balaban J connectivity index is 2.13. The molecule has 0 saturated carbocycles. The van der Waals surface area contributed by atoms with Gasteiger partial charge in [-0.3, -0.25) is 9.69 Å². The van der Waals surface area contributed by atoms with E-state index in [1.807, 2.05) is 38.1 Å². The summed E-state index contributed by atoms with van der Waals surface area (Å²) in [5, 5.41) is 2.35. The first-order valence-electron chi connectivity index (χ1n) is 7.66. The summed E-state index contributed by atoms with van der Waals surface area (Å²) < 4.78 is 5.12. The molecule has 24 heavy (non-hydrogen) atoms. The Hall–Kier alpha value is -2.47. The molecule has 5 nitrogen and oxygen atoms in total. The van der Waals surface area contributed by atoms with Crippen LogP contribution in [0.5, 0.6) is 0 Å². The van der Waals surface area contributed by atoms with Gasteiger partial charge in [-0.15, -0.1) is 11.3 Å². The average molecular weight is 344 g/mol. The van der Waals surface area contributed by atoms with Crippen LogP contribution in [0.3, 0.4) is 0 Å². The molecule has 0 spiro atoms. The van der Waals surface area contributed by atoms with Crippen molar-refractivity contribution in [3.05, 3.63) is 53.1 Å². The molecule has 0 saturated heterocycles. The molecule has 0 fully saturated rings. The van der Waals surface area contributed by atoms with Gasteiger partial charge in [-0.1, -0.05) is 25.1 Å². The average Bonchev–Trinajstić information content (AvgIpc) is 2.99. The van der Waals surface area contributed by atoms with E-state index in [4.69, 9.17) is 4.74 Å². The number of amides is 1. The zero-order valence-corrected chi connectivity index (χ0v) is 14.8. The number of thiazole rings is 1. The van der Waals surface area contributed by atoms with Crippen molar-refractivity contribution in [2.24, 2.45) is 0 Å². The summed E-state index contributed by atoms with van der Waals surface area (Å²) in [5.41, 5.74) is 2.45. The molecule has 1 heterocycles. The van der Waals surface area contributed by atoms with Crippen LogP contribution in [0.25, 0.3) is 0 Å². The van der Waals surface area contributed by atoms with Gasteiger partial charge < -0.3 is 4.74 Å². The van der Waals surface area contributed by atoms with E-state index in [0.717, 1.165) is 17.7 Å². The lowest BCUT2D eigenvalue weighted by Crippen LogP contribution is -2.22. The Bertz CT molecular complexity index is 752. The third-order valence-corrected chi connectivity index (χ3v) is 4.03. The number of benzene rings is 1. The summed E-state index contributed by atoms with van der Waals surface area (Å²) in [6.45, 7) is 5.50. The molecule has 0 aliphatic carbocycles. The number of rotatable bonds is 6. The summed E-state index contributed by atoms with van der Waals surface area (Å²) in [4.78, 5) is 29.5. The minimum atomic E-state index is -0.395. The second-order valence-corrected chi connectivity index (χ2v) is 6.07. The van der Waals surface area contributed by atoms with E-state index >= 15 is 0 Å². The van der Waals surface area contributed by atoms with Crippen molar-refractivity contribution < 1.29 is 14.3 Å². The molecule has 2 rings (SSSR count). The van der Waals surface area contributed by atoms with E-state index in [0.29, 0.717) is 10.8 Å². The minimum Gasteiger partial charge on any atom is -0.456 e. The zero-order valence-electron chi connectivity index (χ0n) is 14.0. The molecule has 0 radical (unpaired) electrons. The van der Waals surface area contributed by atoms with Gasteiger partial charge in [0, 0.05) is 18.4 Å². The maximum atomic E-state index is 12.0. The lowest BCUT2D eigenvalue weighted by atomic mass is 10.2. The van der Waals surface area contributed by atoms with Gasteiger partial charge in [0.15, 0.2) is 5.13 Å². The van der Waals surface area contributed by atoms with Crippen LogP contribution in [0, 0.1) is 6.92 Å². The molecule has 126 valence electrons. The number of hydrogen-bond donors (Lipinski definition) is 0. The van der Waals surface area contributed by atoms with Crippen molar-refractivity contribution >= 4 is 34.0 Å². The summed E-state index contributed by atoms with van der Waals surface area (Å²) in [6, 6.07) is 7.67. The van der Waals surface area contributed by atoms with Crippen LogP contribution < -0.4 is 4.90 Å². The number of esters is 1. The van der Waals surface area contributed by atoms with Crippen LogP contribution in [0.2, 0.25) is 0 Å². The molecule has 0 atom stereocenters. The molecule has 0 N–H and O–H groups in total. The number of hydrogen-bond acceptors (Lipinski definition) is 5. The van der Waals surface area contributed by atoms with E-state index < -0.39 is 5.97 Å². The summed E-state index contributed by atoms with van der Waals surface area (Å²) >= 11 is 1.34. The van der Waals surface area contributed by atoms with Gasteiger partial charge in [-0.25, -0.2) is 9.78 Å². The Morgan fingerprint density at radius 2 is 2.17 bits per heavy atom. The van der Waals surface area contributed by atoms with E-state index in [-0.39, 0.29) is 12.5 Å². The van der Waals surface area contributed by atoms with E-state index in [1.165, 1.54) is 24.3 Å². The third-order valence-electron chi connectivity index (χ3n) is 3.16. The monoisotopic (exact) mass is 344 g/mol. The Morgan fingerprint density at radius 1 is 1.38 bits per heavy atom. The first-order valence-corrected chi connectivity index (χ1v) is 8.54. The topological polar surface area (TPSA) is 59.5 Å². The predicted molar refractivity (Wildman–Crippen MR) is 95.3 cm³/mol. The van der Waals surface area contributed by atoms with Crippen LogP contribution >= 0.6 is 11.3 Å². The second kappa shape index (κ2) is 8.40. The fraction of sp³-hybridized carbons (Fsp3) is 0.278. The highest BCUT2D eigenvalue weighted by atomic mass is 32.1. The predicted octanol–water partition coefficient (Wildman–Crippen LogP) is 4.15. The molecule has 1 aromatic carbocycles. The van der Waals surface area contributed by atoms with Crippen LogP contribution in [0.15, 0.2) is 41.8 Å². The maximum Gasteiger partial charge on any atom is 0.330 e. The van der Waals surface area contributed by atoms with Gasteiger partial charge in [-0.05, 0) is 31.0 Å². The summed E-state index contributed by atoms with van der Waals surface area (Å²) in [6.07, 6.45) is 3.92. The van der Waals surface area contributed by atoms with Crippen LogP contribution in [0.4, 0.5) is 10.8 Å². The van der Waals surface area contributed by atoms with E-state index in [2.05, 4.69) is 4.98 Å². The standard InChI is InChI=1S/C18H20N2O3S/c1-4-5-9-17(22)23-11-15-12-24-18(19-15)20(14(3)21)16-8-6-7-13(2)10-16/h5-10,12H,4,11H2,1-3H3. The third kappa shape index (κ3) is 4.76. The van der Waals surface area contributed by atoms with Crippen molar-refractivity contribution in [3.63, 3.8) is 0 Å². The highest BCUT2D eigenvalue weighted by molar-refractivity contribution is 7.14. The van der Waals surface area contributed by atoms with Crippen LogP contribution in [0.1, 0.15) is 31.5 Å². The molecule has 6 heteroatoms. The summed E-state index contributed by atoms with van der Waals surface area (Å²) in [7, 11) is 0. The van der Waals surface area contributed by atoms with Gasteiger partial charge in [0.25, 0.3) is 0 Å². The number of aryl methyl sites for hydroxylation is 1. The number of carbonyl (C=O) groups is 2. The largest absolute Gasteiger partial charge is 0.456 e.